The van der Waals surface area contributed by atoms with Crippen molar-refractivity contribution in [1.82, 2.24) is 0 Å². The molecule has 0 amide bonds. The van der Waals surface area contributed by atoms with Gasteiger partial charge in [0, 0.05) is 5.57 Å². The second kappa shape index (κ2) is 7.82. The van der Waals surface area contributed by atoms with Crippen LogP contribution in [0.2, 0.25) is 0 Å². The Bertz CT molecular complexity index is 732. The number of rotatable bonds is 6. The van der Waals surface area contributed by atoms with Crippen LogP contribution in [0.25, 0.3) is 6.08 Å². The van der Waals surface area contributed by atoms with Crippen molar-refractivity contribution in [2.45, 2.75) is 32.8 Å². The molecule has 0 fully saturated rings. The van der Waals surface area contributed by atoms with Crippen molar-refractivity contribution in [1.29, 1.82) is 0 Å². The Labute approximate surface area is 142 Å². The third-order valence-corrected chi connectivity index (χ3v) is 4.06. The summed E-state index contributed by atoms with van der Waals surface area (Å²) in [4.78, 5) is 12.0. The standard InChI is InChI=1S/C21H22O3/c1-2-12-23-21(22)19-9-8-18-14-20(11-10-17(18)13-19)24-15-16-6-4-3-5-7-16/h3-7,10-11,13-14H,2,8-9,12,15H2,1H3. The molecule has 0 radical (unpaired) electrons. The molecular formula is C21H22O3. The van der Waals surface area contributed by atoms with E-state index in [1.807, 2.05) is 43.3 Å². The molecule has 0 atom stereocenters. The van der Waals surface area contributed by atoms with Crippen molar-refractivity contribution >= 4 is 12.0 Å². The van der Waals surface area contributed by atoms with Crippen LogP contribution in [0.1, 0.15) is 36.5 Å². The zero-order valence-corrected chi connectivity index (χ0v) is 14.0. The van der Waals surface area contributed by atoms with Gasteiger partial charge in [0.15, 0.2) is 0 Å². The highest BCUT2D eigenvalue weighted by Gasteiger charge is 2.17. The van der Waals surface area contributed by atoms with Gasteiger partial charge in [-0.15, -0.1) is 0 Å². The fraction of sp³-hybridized carbons (Fsp3) is 0.286. The molecule has 0 N–H and O–H groups in total. The molecular weight excluding hydrogens is 300 g/mol. The van der Waals surface area contributed by atoms with Gasteiger partial charge in [0.1, 0.15) is 12.4 Å². The lowest BCUT2D eigenvalue weighted by Crippen LogP contribution is -2.12. The summed E-state index contributed by atoms with van der Waals surface area (Å²) >= 11 is 0. The summed E-state index contributed by atoms with van der Waals surface area (Å²) in [6.45, 7) is 3.04. The molecule has 0 saturated heterocycles. The molecule has 0 unspecified atom stereocenters. The summed E-state index contributed by atoms with van der Waals surface area (Å²) in [6, 6.07) is 16.2. The van der Waals surface area contributed by atoms with E-state index in [4.69, 9.17) is 9.47 Å². The third kappa shape index (κ3) is 4.05. The number of fused-ring (bicyclic) bond motifs is 1. The van der Waals surface area contributed by atoms with E-state index >= 15 is 0 Å². The maximum absolute atomic E-state index is 12.0. The second-order valence-electron chi connectivity index (χ2n) is 5.94. The van der Waals surface area contributed by atoms with Crippen molar-refractivity contribution in [3.05, 3.63) is 70.8 Å². The highest BCUT2D eigenvalue weighted by atomic mass is 16.5. The lowest BCUT2D eigenvalue weighted by molar-refractivity contribution is -0.139. The van der Waals surface area contributed by atoms with Crippen LogP contribution in [0.4, 0.5) is 0 Å². The SMILES string of the molecule is CCCOC(=O)C1=Cc2ccc(OCc3ccccc3)cc2CC1. The normalized spacial score (nSPS) is 13.0. The van der Waals surface area contributed by atoms with Gasteiger partial charge in [-0.1, -0.05) is 43.3 Å². The fourth-order valence-electron chi connectivity index (χ4n) is 2.75. The van der Waals surface area contributed by atoms with Crippen LogP contribution in [0.5, 0.6) is 5.75 Å². The number of esters is 1. The van der Waals surface area contributed by atoms with Gasteiger partial charge in [0.25, 0.3) is 0 Å². The molecule has 124 valence electrons. The number of aryl methyl sites for hydroxylation is 1. The molecule has 2 aromatic carbocycles. The van der Waals surface area contributed by atoms with E-state index < -0.39 is 0 Å². The fourth-order valence-corrected chi connectivity index (χ4v) is 2.75. The molecule has 3 rings (SSSR count). The molecule has 24 heavy (non-hydrogen) atoms. The summed E-state index contributed by atoms with van der Waals surface area (Å²) in [5, 5.41) is 0. The van der Waals surface area contributed by atoms with Gasteiger partial charge in [-0.2, -0.15) is 0 Å². The van der Waals surface area contributed by atoms with E-state index in [1.54, 1.807) is 0 Å². The van der Waals surface area contributed by atoms with Crippen molar-refractivity contribution < 1.29 is 14.3 Å². The largest absolute Gasteiger partial charge is 0.489 e. The number of ether oxygens (including phenoxy) is 2. The van der Waals surface area contributed by atoms with Gasteiger partial charge in [-0.05, 0) is 54.2 Å². The average Bonchev–Trinajstić information content (AvgIpc) is 2.64. The van der Waals surface area contributed by atoms with Crippen molar-refractivity contribution in [3.63, 3.8) is 0 Å². The van der Waals surface area contributed by atoms with E-state index in [9.17, 15) is 4.79 Å². The highest BCUT2D eigenvalue weighted by molar-refractivity contribution is 5.94. The Morgan fingerprint density at radius 3 is 2.71 bits per heavy atom. The topological polar surface area (TPSA) is 35.5 Å². The van der Waals surface area contributed by atoms with Crippen LogP contribution in [0.15, 0.2) is 54.1 Å². The molecule has 0 bridgehead atoms. The maximum atomic E-state index is 12.0. The first-order valence-corrected chi connectivity index (χ1v) is 8.43. The summed E-state index contributed by atoms with van der Waals surface area (Å²) in [5.41, 5.74) is 4.20. The summed E-state index contributed by atoms with van der Waals surface area (Å²) in [5.74, 6) is 0.676. The molecule has 1 aliphatic rings. The van der Waals surface area contributed by atoms with Gasteiger partial charge >= 0.3 is 5.97 Å². The maximum Gasteiger partial charge on any atom is 0.334 e. The summed E-state index contributed by atoms with van der Waals surface area (Å²) in [6.07, 6.45) is 4.35. The predicted octanol–water partition coefficient (Wildman–Crippen LogP) is 4.55. The first-order valence-electron chi connectivity index (χ1n) is 8.43. The zero-order chi connectivity index (χ0) is 16.8. The van der Waals surface area contributed by atoms with Crippen LogP contribution >= 0.6 is 0 Å². The molecule has 0 aliphatic heterocycles. The van der Waals surface area contributed by atoms with Gasteiger partial charge in [0.2, 0.25) is 0 Å². The molecule has 0 heterocycles. The number of carbonyl (C=O) groups excluding carboxylic acids is 1. The van der Waals surface area contributed by atoms with Crippen LogP contribution in [0.3, 0.4) is 0 Å². The average molecular weight is 322 g/mol. The minimum atomic E-state index is -0.188. The second-order valence-corrected chi connectivity index (χ2v) is 5.94. The quantitative estimate of drug-likeness (QED) is 0.732. The van der Waals surface area contributed by atoms with Crippen LogP contribution < -0.4 is 4.74 Å². The lowest BCUT2D eigenvalue weighted by Gasteiger charge is -2.17. The van der Waals surface area contributed by atoms with E-state index in [0.29, 0.717) is 13.2 Å². The Balaban J connectivity index is 1.67. The summed E-state index contributed by atoms with van der Waals surface area (Å²) < 4.78 is 11.1. The molecule has 3 heteroatoms. The van der Waals surface area contributed by atoms with Gasteiger partial charge < -0.3 is 9.47 Å². The van der Waals surface area contributed by atoms with E-state index in [-0.39, 0.29) is 5.97 Å². The van der Waals surface area contributed by atoms with Crippen LogP contribution in [-0.4, -0.2) is 12.6 Å². The number of carbonyl (C=O) groups is 1. The Kier molecular flexibility index (Phi) is 5.32. The van der Waals surface area contributed by atoms with Crippen molar-refractivity contribution in [3.8, 4) is 5.75 Å². The zero-order valence-electron chi connectivity index (χ0n) is 14.0. The Hall–Kier alpha value is -2.55. The van der Waals surface area contributed by atoms with E-state index in [0.717, 1.165) is 41.7 Å². The highest BCUT2D eigenvalue weighted by Crippen LogP contribution is 2.28. The van der Waals surface area contributed by atoms with E-state index in [2.05, 4.69) is 18.2 Å². The minimum Gasteiger partial charge on any atom is -0.489 e. The Morgan fingerprint density at radius 2 is 1.92 bits per heavy atom. The van der Waals surface area contributed by atoms with Crippen molar-refractivity contribution in [2.75, 3.05) is 6.61 Å². The molecule has 2 aromatic rings. The number of hydrogen-bond donors (Lipinski definition) is 0. The van der Waals surface area contributed by atoms with Gasteiger partial charge in [-0.3, -0.25) is 0 Å². The first-order chi connectivity index (χ1) is 11.8. The van der Waals surface area contributed by atoms with Gasteiger partial charge in [0.05, 0.1) is 6.61 Å². The first kappa shape index (κ1) is 16.3. The van der Waals surface area contributed by atoms with Crippen LogP contribution in [-0.2, 0) is 22.6 Å². The number of benzene rings is 2. The third-order valence-electron chi connectivity index (χ3n) is 4.06. The molecule has 3 nitrogen and oxygen atoms in total. The smallest absolute Gasteiger partial charge is 0.334 e. The Morgan fingerprint density at radius 1 is 1.08 bits per heavy atom. The summed E-state index contributed by atoms with van der Waals surface area (Å²) in [7, 11) is 0. The van der Waals surface area contributed by atoms with Crippen molar-refractivity contribution in [2.24, 2.45) is 0 Å². The van der Waals surface area contributed by atoms with E-state index in [1.165, 1.54) is 5.56 Å². The molecule has 0 aromatic heterocycles. The molecule has 0 saturated carbocycles. The molecule has 0 spiro atoms. The predicted molar refractivity (Wildman–Crippen MR) is 94.8 cm³/mol. The molecule has 1 aliphatic carbocycles. The van der Waals surface area contributed by atoms with Gasteiger partial charge in [-0.25, -0.2) is 4.79 Å². The monoisotopic (exact) mass is 322 g/mol. The minimum absolute atomic E-state index is 0.188. The number of hydrogen-bond acceptors (Lipinski definition) is 3. The lowest BCUT2D eigenvalue weighted by atomic mass is 9.92. The van der Waals surface area contributed by atoms with Crippen LogP contribution in [0, 0.1) is 0 Å².